The van der Waals surface area contributed by atoms with E-state index in [0.29, 0.717) is 12.0 Å². The molecule has 0 unspecified atom stereocenters. The molecule has 88 valence electrons. The second-order valence-electron chi connectivity index (χ2n) is 4.96. The van der Waals surface area contributed by atoms with Crippen molar-refractivity contribution >= 4 is 0 Å². The minimum atomic E-state index is 0.595. The molecular formula is C13H21N3. The van der Waals surface area contributed by atoms with Crippen LogP contribution < -0.4 is 0 Å². The normalized spacial score (nSPS) is 22.6. The molecule has 1 fully saturated rings. The average molecular weight is 219 g/mol. The molecule has 1 aliphatic heterocycles. The Hall–Kier alpha value is -0.960. The van der Waals surface area contributed by atoms with Gasteiger partial charge in [0.05, 0.1) is 0 Å². The third-order valence-electron chi connectivity index (χ3n) is 3.40. The van der Waals surface area contributed by atoms with Crippen molar-refractivity contribution in [2.45, 2.75) is 45.6 Å². The minimum absolute atomic E-state index is 0.595. The third-order valence-corrected chi connectivity index (χ3v) is 3.40. The highest BCUT2D eigenvalue weighted by Gasteiger charge is 2.23. The van der Waals surface area contributed by atoms with E-state index in [-0.39, 0.29) is 0 Å². The largest absolute Gasteiger partial charge is 0.300 e. The molecule has 1 aliphatic rings. The van der Waals surface area contributed by atoms with Crippen LogP contribution in [0.2, 0.25) is 0 Å². The number of aryl methyl sites for hydroxylation is 1. The van der Waals surface area contributed by atoms with Crippen molar-refractivity contribution in [3.8, 4) is 0 Å². The van der Waals surface area contributed by atoms with Crippen LogP contribution >= 0.6 is 0 Å². The Morgan fingerprint density at radius 3 is 2.94 bits per heavy atom. The maximum Gasteiger partial charge on any atom is 0.125 e. The van der Waals surface area contributed by atoms with Crippen molar-refractivity contribution in [1.29, 1.82) is 0 Å². The SMILES string of the molecule is Cc1nccc([C@@H]2CCCN(C(C)C)C2)n1. The molecule has 0 aliphatic carbocycles. The summed E-state index contributed by atoms with van der Waals surface area (Å²) in [7, 11) is 0. The van der Waals surface area contributed by atoms with Gasteiger partial charge < -0.3 is 4.90 Å². The van der Waals surface area contributed by atoms with Crippen LogP contribution in [0.1, 0.15) is 44.1 Å². The maximum atomic E-state index is 4.55. The Balaban J connectivity index is 2.09. The number of piperidine rings is 1. The van der Waals surface area contributed by atoms with Crippen molar-refractivity contribution in [2.75, 3.05) is 13.1 Å². The molecule has 2 rings (SSSR count). The smallest absolute Gasteiger partial charge is 0.125 e. The Morgan fingerprint density at radius 1 is 1.44 bits per heavy atom. The van der Waals surface area contributed by atoms with Crippen LogP contribution in [0.4, 0.5) is 0 Å². The Labute approximate surface area is 97.9 Å². The van der Waals surface area contributed by atoms with E-state index in [1.165, 1.54) is 25.1 Å². The minimum Gasteiger partial charge on any atom is -0.300 e. The zero-order valence-electron chi connectivity index (χ0n) is 10.5. The quantitative estimate of drug-likeness (QED) is 0.764. The van der Waals surface area contributed by atoms with Gasteiger partial charge in [0.2, 0.25) is 0 Å². The van der Waals surface area contributed by atoms with Crippen molar-refractivity contribution < 1.29 is 0 Å². The van der Waals surface area contributed by atoms with E-state index in [2.05, 4.69) is 34.8 Å². The van der Waals surface area contributed by atoms with Crippen LogP contribution in [0, 0.1) is 6.92 Å². The zero-order valence-corrected chi connectivity index (χ0v) is 10.5. The van der Waals surface area contributed by atoms with Crippen LogP contribution in [-0.2, 0) is 0 Å². The summed E-state index contributed by atoms with van der Waals surface area (Å²) >= 11 is 0. The van der Waals surface area contributed by atoms with E-state index in [1.54, 1.807) is 0 Å². The summed E-state index contributed by atoms with van der Waals surface area (Å²) in [5.74, 6) is 1.48. The molecule has 0 aromatic carbocycles. The summed E-state index contributed by atoms with van der Waals surface area (Å²) in [6.45, 7) is 8.89. The van der Waals surface area contributed by atoms with Crippen molar-refractivity contribution in [3.05, 3.63) is 23.8 Å². The molecule has 1 atom stereocenters. The second-order valence-corrected chi connectivity index (χ2v) is 4.96. The highest BCUT2D eigenvalue weighted by molar-refractivity contribution is 5.10. The predicted molar refractivity (Wildman–Crippen MR) is 65.5 cm³/mol. The second kappa shape index (κ2) is 4.91. The summed E-state index contributed by atoms with van der Waals surface area (Å²) in [6, 6.07) is 2.72. The molecule has 3 nitrogen and oxygen atoms in total. The molecule has 1 aromatic heterocycles. The summed E-state index contributed by atoms with van der Waals surface area (Å²) in [6.07, 6.45) is 4.43. The number of likely N-dealkylation sites (tertiary alicyclic amines) is 1. The maximum absolute atomic E-state index is 4.55. The van der Waals surface area contributed by atoms with E-state index in [9.17, 15) is 0 Å². The Morgan fingerprint density at radius 2 is 2.25 bits per heavy atom. The standard InChI is InChI=1S/C13H21N3/c1-10(2)16-8-4-5-12(9-16)13-6-7-14-11(3)15-13/h6-7,10,12H,4-5,8-9H2,1-3H3/t12-/m1/s1. The molecule has 0 N–H and O–H groups in total. The lowest BCUT2D eigenvalue weighted by Crippen LogP contribution is -2.39. The van der Waals surface area contributed by atoms with Crippen molar-refractivity contribution in [3.63, 3.8) is 0 Å². The molecule has 0 bridgehead atoms. The first-order valence-corrected chi connectivity index (χ1v) is 6.20. The van der Waals surface area contributed by atoms with Crippen LogP contribution in [0.5, 0.6) is 0 Å². The summed E-state index contributed by atoms with van der Waals surface area (Å²) in [4.78, 5) is 11.3. The molecule has 2 heterocycles. The molecule has 0 spiro atoms. The molecule has 0 amide bonds. The topological polar surface area (TPSA) is 29.0 Å². The molecule has 1 aromatic rings. The van der Waals surface area contributed by atoms with Crippen LogP contribution in [0.3, 0.4) is 0 Å². The van der Waals surface area contributed by atoms with Gasteiger partial charge in [-0.1, -0.05) is 0 Å². The monoisotopic (exact) mass is 219 g/mol. The van der Waals surface area contributed by atoms with Gasteiger partial charge in [0, 0.05) is 30.4 Å². The predicted octanol–water partition coefficient (Wildman–Crippen LogP) is 2.37. The van der Waals surface area contributed by atoms with E-state index >= 15 is 0 Å². The fourth-order valence-corrected chi connectivity index (χ4v) is 2.42. The van der Waals surface area contributed by atoms with E-state index < -0.39 is 0 Å². The molecular weight excluding hydrogens is 198 g/mol. The number of hydrogen-bond acceptors (Lipinski definition) is 3. The summed E-state index contributed by atoms with van der Waals surface area (Å²) in [5.41, 5.74) is 1.22. The van der Waals surface area contributed by atoms with Gasteiger partial charge in [-0.3, -0.25) is 0 Å². The van der Waals surface area contributed by atoms with Gasteiger partial charge in [0.15, 0.2) is 0 Å². The number of aromatic nitrogens is 2. The van der Waals surface area contributed by atoms with E-state index in [4.69, 9.17) is 0 Å². The first-order valence-electron chi connectivity index (χ1n) is 6.20. The van der Waals surface area contributed by atoms with Gasteiger partial charge in [-0.15, -0.1) is 0 Å². The Bertz CT molecular complexity index is 349. The first kappa shape index (κ1) is 11.5. The molecule has 0 saturated carbocycles. The van der Waals surface area contributed by atoms with Gasteiger partial charge in [0.1, 0.15) is 5.82 Å². The lowest BCUT2D eigenvalue weighted by Gasteiger charge is -2.35. The number of hydrogen-bond donors (Lipinski definition) is 0. The molecule has 1 saturated heterocycles. The Kier molecular flexibility index (Phi) is 3.54. The fraction of sp³-hybridized carbons (Fsp3) is 0.692. The zero-order chi connectivity index (χ0) is 11.5. The number of nitrogens with zero attached hydrogens (tertiary/aromatic N) is 3. The van der Waals surface area contributed by atoms with E-state index in [1.807, 2.05) is 13.1 Å². The fourth-order valence-electron chi connectivity index (χ4n) is 2.42. The van der Waals surface area contributed by atoms with Crippen LogP contribution in [0.15, 0.2) is 12.3 Å². The molecule has 0 radical (unpaired) electrons. The van der Waals surface area contributed by atoms with Crippen molar-refractivity contribution in [1.82, 2.24) is 14.9 Å². The lowest BCUT2D eigenvalue weighted by atomic mass is 9.94. The van der Waals surface area contributed by atoms with Gasteiger partial charge >= 0.3 is 0 Å². The van der Waals surface area contributed by atoms with Crippen LogP contribution in [0.25, 0.3) is 0 Å². The third kappa shape index (κ3) is 2.59. The highest BCUT2D eigenvalue weighted by atomic mass is 15.2. The van der Waals surface area contributed by atoms with Gasteiger partial charge in [-0.2, -0.15) is 0 Å². The molecule has 16 heavy (non-hydrogen) atoms. The van der Waals surface area contributed by atoms with Gasteiger partial charge in [0.25, 0.3) is 0 Å². The van der Waals surface area contributed by atoms with Crippen molar-refractivity contribution in [2.24, 2.45) is 0 Å². The summed E-state index contributed by atoms with van der Waals surface area (Å²) in [5, 5.41) is 0. The van der Waals surface area contributed by atoms with Gasteiger partial charge in [-0.25, -0.2) is 9.97 Å². The summed E-state index contributed by atoms with van der Waals surface area (Å²) < 4.78 is 0. The van der Waals surface area contributed by atoms with E-state index in [0.717, 1.165) is 12.4 Å². The average Bonchev–Trinajstić information content (AvgIpc) is 2.29. The molecule has 3 heteroatoms. The van der Waals surface area contributed by atoms with Gasteiger partial charge in [-0.05, 0) is 46.2 Å². The highest BCUT2D eigenvalue weighted by Crippen LogP contribution is 2.26. The first-order chi connectivity index (χ1) is 7.66. The lowest BCUT2D eigenvalue weighted by molar-refractivity contribution is 0.166. The van der Waals surface area contributed by atoms with Crippen LogP contribution in [-0.4, -0.2) is 34.0 Å². The number of rotatable bonds is 2.